The molecule has 1 aromatic carbocycles. The first-order valence-corrected chi connectivity index (χ1v) is 6.58. The molecule has 1 fully saturated rings. The van der Waals surface area contributed by atoms with Crippen molar-refractivity contribution in [1.82, 2.24) is 5.32 Å². The molecule has 1 aliphatic rings. The summed E-state index contributed by atoms with van der Waals surface area (Å²) in [6, 6.07) is 11.5. The molecule has 0 aromatic heterocycles. The van der Waals surface area contributed by atoms with Crippen LogP contribution in [0.1, 0.15) is 31.7 Å². The Morgan fingerprint density at radius 2 is 2.00 bits per heavy atom. The Hall–Kier alpha value is -0.860. The fourth-order valence-electron chi connectivity index (χ4n) is 2.36. The molecule has 0 radical (unpaired) electrons. The Labute approximate surface area is 104 Å². The summed E-state index contributed by atoms with van der Waals surface area (Å²) in [6.07, 6.45) is 3.77. The molecule has 1 saturated carbocycles. The van der Waals surface area contributed by atoms with Crippen molar-refractivity contribution in [2.45, 2.75) is 37.6 Å². The van der Waals surface area contributed by atoms with Crippen molar-refractivity contribution in [1.29, 1.82) is 0 Å². The van der Waals surface area contributed by atoms with Crippen LogP contribution < -0.4 is 5.32 Å². The summed E-state index contributed by atoms with van der Waals surface area (Å²) in [6.45, 7) is 4.06. The lowest BCUT2D eigenvalue weighted by Gasteiger charge is -2.33. The third-order valence-electron chi connectivity index (χ3n) is 3.79. The first-order valence-electron chi connectivity index (χ1n) is 6.58. The molecule has 0 spiro atoms. The van der Waals surface area contributed by atoms with Gasteiger partial charge in [0.2, 0.25) is 0 Å². The Balaban J connectivity index is 2.14. The summed E-state index contributed by atoms with van der Waals surface area (Å²) >= 11 is 0. The highest BCUT2D eigenvalue weighted by atomic mass is 16.5. The summed E-state index contributed by atoms with van der Waals surface area (Å²) in [4.78, 5) is 0. The molecule has 94 valence electrons. The van der Waals surface area contributed by atoms with Crippen LogP contribution in [-0.4, -0.2) is 26.3 Å². The van der Waals surface area contributed by atoms with E-state index in [2.05, 4.69) is 42.6 Å². The standard InChI is InChI=1S/C15H23NO/c1-3-15(12-17-2,11-16-14-9-10-14)13-7-5-4-6-8-13/h4-8,14,16H,3,9-12H2,1-2H3. The van der Waals surface area contributed by atoms with Crippen LogP contribution in [0.2, 0.25) is 0 Å². The van der Waals surface area contributed by atoms with E-state index in [0.717, 1.165) is 25.6 Å². The van der Waals surface area contributed by atoms with Crippen molar-refractivity contribution in [3.05, 3.63) is 35.9 Å². The van der Waals surface area contributed by atoms with Crippen molar-refractivity contribution in [3.63, 3.8) is 0 Å². The van der Waals surface area contributed by atoms with Gasteiger partial charge in [0.05, 0.1) is 6.61 Å². The van der Waals surface area contributed by atoms with E-state index in [0.29, 0.717) is 0 Å². The Morgan fingerprint density at radius 3 is 2.53 bits per heavy atom. The van der Waals surface area contributed by atoms with Crippen LogP contribution in [0.4, 0.5) is 0 Å². The average molecular weight is 233 g/mol. The minimum Gasteiger partial charge on any atom is -0.384 e. The predicted octanol–water partition coefficient (Wildman–Crippen LogP) is 2.73. The van der Waals surface area contributed by atoms with Gasteiger partial charge in [-0.3, -0.25) is 0 Å². The van der Waals surface area contributed by atoms with Gasteiger partial charge in [0.15, 0.2) is 0 Å². The van der Waals surface area contributed by atoms with Gasteiger partial charge in [-0.05, 0) is 24.8 Å². The van der Waals surface area contributed by atoms with Crippen LogP contribution in [-0.2, 0) is 10.2 Å². The van der Waals surface area contributed by atoms with E-state index in [9.17, 15) is 0 Å². The molecule has 0 bridgehead atoms. The molecule has 0 heterocycles. The molecule has 1 aliphatic carbocycles. The minimum absolute atomic E-state index is 0.124. The second-order valence-corrected chi connectivity index (χ2v) is 5.09. The lowest BCUT2D eigenvalue weighted by atomic mass is 9.78. The number of rotatable bonds is 7. The number of methoxy groups -OCH3 is 1. The molecular weight excluding hydrogens is 210 g/mol. The molecule has 0 amide bonds. The van der Waals surface area contributed by atoms with E-state index >= 15 is 0 Å². The predicted molar refractivity (Wildman–Crippen MR) is 71.3 cm³/mol. The Morgan fingerprint density at radius 1 is 1.29 bits per heavy atom. The van der Waals surface area contributed by atoms with Gasteiger partial charge in [-0.1, -0.05) is 37.3 Å². The van der Waals surface area contributed by atoms with E-state index in [1.165, 1.54) is 18.4 Å². The fourth-order valence-corrected chi connectivity index (χ4v) is 2.36. The van der Waals surface area contributed by atoms with Gasteiger partial charge >= 0.3 is 0 Å². The SMILES string of the molecule is CCC(CNC1CC1)(COC)c1ccccc1. The van der Waals surface area contributed by atoms with Crippen molar-refractivity contribution in [3.8, 4) is 0 Å². The van der Waals surface area contributed by atoms with Gasteiger partial charge in [-0.25, -0.2) is 0 Å². The lowest BCUT2D eigenvalue weighted by Crippen LogP contribution is -2.42. The van der Waals surface area contributed by atoms with E-state index in [-0.39, 0.29) is 5.41 Å². The molecule has 1 unspecified atom stereocenters. The maximum Gasteiger partial charge on any atom is 0.0571 e. The molecule has 2 nitrogen and oxygen atoms in total. The van der Waals surface area contributed by atoms with Gasteiger partial charge in [-0.15, -0.1) is 0 Å². The highest BCUT2D eigenvalue weighted by molar-refractivity contribution is 5.26. The number of nitrogens with one attached hydrogen (secondary N) is 1. The second kappa shape index (κ2) is 5.65. The minimum atomic E-state index is 0.124. The van der Waals surface area contributed by atoms with Crippen LogP contribution in [0.3, 0.4) is 0 Å². The Bertz CT molecular complexity index is 334. The molecule has 1 atom stereocenters. The topological polar surface area (TPSA) is 21.3 Å². The highest BCUT2D eigenvalue weighted by Gasteiger charge is 2.32. The van der Waals surface area contributed by atoms with Crippen molar-refractivity contribution >= 4 is 0 Å². The van der Waals surface area contributed by atoms with Gasteiger partial charge in [0, 0.05) is 25.1 Å². The quantitative estimate of drug-likeness (QED) is 0.782. The molecule has 1 N–H and O–H groups in total. The maximum absolute atomic E-state index is 5.47. The van der Waals surface area contributed by atoms with E-state index in [1.807, 2.05) is 0 Å². The molecule has 2 rings (SSSR count). The molecule has 0 saturated heterocycles. The van der Waals surface area contributed by atoms with E-state index in [4.69, 9.17) is 4.74 Å². The number of benzene rings is 1. The van der Waals surface area contributed by atoms with Gasteiger partial charge < -0.3 is 10.1 Å². The zero-order valence-electron chi connectivity index (χ0n) is 10.9. The first-order chi connectivity index (χ1) is 8.30. The van der Waals surface area contributed by atoms with Crippen LogP contribution in [0.15, 0.2) is 30.3 Å². The van der Waals surface area contributed by atoms with Crippen molar-refractivity contribution < 1.29 is 4.74 Å². The monoisotopic (exact) mass is 233 g/mol. The third kappa shape index (κ3) is 3.08. The zero-order valence-corrected chi connectivity index (χ0v) is 10.9. The van der Waals surface area contributed by atoms with Gasteiger partial charge in [0.25, 0.3) is 0 Å². The van der Waals surface area contributed by atoms with Crippen LogP contribution in [0.5, 0.6) is 0 Å². The molecule has 0 aliphatic heterocycles. The fraction of sp³-hybridized carbons (Fsp3) is 0.600. The van der Waals surface area contributed by atoms with Crippen molar-refractivity contribution in [2.75, 3.05) is 20.3 Å². The summed E-state index contributed by atoms with van der Waals surface area (Å²) in [5.41, 5.74) is 1.51. The summed E-state index contributed by atoms with van der Waals surface area (Å²) < 4.78 is 5.47. The van der Waals surface area contributed by atoms with Crippen LogP contribution in [0.25, 0.3) is 0 Å². The molecular formula is C15H23NO. The summed E-state index contributed by atoms with van der Waals surface area (Å²) in [7, 11) is 1.80. The summed E-state index contributed by atoms with van der Waals surface area (Å²) in [5, 5.41) is 3.65. The average Bonchev–Trinajstić information content (AvgIpc) is 3.20. The zero-order chi connectivity index (χ0) is 12.1. The van der Waals surface area contributed by atoms with E-state index in [1.54, 1.807) is 7.11 Å². The number of hydrogen-bond acceptors (Lipinski definition) is 2. The first kappa shape index (κ1) is 12.6. The smallest absolute Gasteiger partial charge is 0.0571 e. The number of ether oxygens (including phenoxy) is 1. The third-order valence-corrected chi connectivity index (χ3v) is 3.79. The molecule has 1 aromatic rings. The van der Waals surface area contributed by atoms with Crippen molar-refractivity contribution in [2.24, 2.45) is 0 Å². The van der Waals surface area contributed by atoms with Gasteiger partial charge in [-0.2, -0.15) is 0 Å². The molecule has 2 heteroatoms. The Kier molecular flexibility index (Phi) is 4.19. The van der Waals surface area contributed by atoms with Crippen LogP contribution in [0, 0.1) is 0 Å². The number of hydrogen-bond donors (Lipinski definition) is 1. The highest BCUT2D eigenvalue weighted by Crippen LogP contribution is 2.29. The van der Waals surface area contributed by atoms with E-state index < -0.39 is 0 Å². The summed E-state index contributed by atoms with van der Waals surface area (Å²) in [5.74, 6) is 0. The normalized spacial score (nSPS) is 18.9. The van der Waals surface area contributed by atoms with Gasteiger partial charge in [0.1, 0.15) is 0 Å². The maximum atomic E-state index is 5.47. The largest absolute Gasteiger partial charge is 0.384 e. The molecule has 17 heavy (non-hydrogen) atoms. The van der Waals surface area contributed by atoms with Crippen LogP contribution >= 0.6 is 0 Å². The second-order valence-electron chi connectivity index (χ2n) is 5.09. The lowest BCUT2D eigenvalue weighted by molar-refractivity contribution is 0.124.